The number of likely N-dealkylation sites (tertiary alicyclic amines) is 1. The van der Waals surface area contributed by atoms with Crippen LogP contribution in [0.25, 0.3) is 10.9 Å². The molecule has 1 N–H and O–H groups in total. The van der Waals surface area contributed by atoms with Crippen LogP contribution >= 0.6 is 0 Å². The molecule has 3 aromatic rings. The first-order valence-corrected chi connectivity index (χ1v) is 13.5. The number of fused-ring (bicyclic) bond motifs is 1. The fourth-order valence-electron chi connectivity index (χ4n) is 4.99. The molecule has 2 aromatic carbocycles. The molecule has 34 heavy (non-hydrogen) atoms. The number of hydrogen-bond donors (Lipinski definition) is 1. The summed E-state index contributed by atoms with van der Waals surface area (Å²) in [6.07, 6.45) is 4.48. The Bertz CT molecular complexity index is 1330. The Morgan fingerprint density at radius 1 is 1.21 bits per heavy atom. The van der Waals surface area contributed by atoms with Gasteiger partial charge in [0.25, 0.3) is 0 Å². The Labute approximate surface area is 201 Å². The first-order valence-electron chi connectivity index (χ1n) is 11.7. The van der Waals surface area contributed by atoms with E-state index in [2.05, 4.69) is 28.3 Å². The van der Waals surface area contributed by atoms with Crippen molar-refractivity contribution in [1.82, 2.24) is 14.2 Å². The van der Waals surface area contributed by atoms with Gasteiger partial charge in [0, 0.05) is 30.3 Å². The zero-order valence-corrected chi connectivity index (χ0v) is 20.4. The van der Waals surface area contributed by atoms with E-state index in [-0.39, 0.29) is 11.9 Å². The molecule has 1 aliphatic rings. The second kappa shape index (κ2) is 10.00. The average Bonchev–Trinajstić information content (AvgIpc) is 3.44. The van der Waals surface area contributed by atoms with Crippen LogP contribution < -0.4 is 4.72 Å². The third-order valence-electron chi connectivity index (χ3n) is 6.54. The molecule has 1 saturated heterocycles. The van der Waals surface area contributed by atoms with Gasteiger partial charge < -0.3 is 9.47 Å². The number of aryl methyl sites for hydroxylation is 2. The monoisotopic (exact) mass is 478 g/mol. The quantitative estimate of drug-likeness (QED) is 0.533. The zero-order chi connectivity index (χ0) is 24.3. The molecule has 4 rings (SSSR count). The average molecular weight is 479 g/mol. The Morgan fingerprint density at radius 3 is 2.65 bits per heavy atom. The van der Waals surface area contributed by atoms with Crippen molar-refractivity contribution >= 4 is 26.8 Å². The molecule has 0 aliphatic carbocycles. The molecule has 1 fully saturated rings. The van der Waals surface area contributed by atoms with Gasteiger partial charge >= 0.3 is 0 Å². The molecule has 0 spiro atoms. The number of amides is 1. The number of carbonyl (C=O) groups excluding carboxylic acids is 1. The van der Waals surface area contributed by atoms with Crippen LogP contribution in [0.2, 0.25) is 0 Å². The van der Waals surface area contributed by atoms with Gasteiger partial charge in [-0.3, -0.25) is 4.79 Å². The van der Waals surface area contributed by atoms with Gasteiger partial charge in [0.1, 0.15) is 6.04 Å². The Balaban J connectivity index is 1.54. The highest BCUT2D eigenvalue weighted by Crippen LogP contribution is 2.28. The lowest BCUT2D eigenvalue weighted by molar-refractivity contribution is -0.134. The first kappa shape index (κ1) is 24.0. The van der Waals surface area contributed by atoms with Crippen molar-refractivity contribution in [2.75, 3.05) is 12.8 Å². The van der Waals surface area contributed by atoms with Crippen molar-refractivity contribution in [2.24, 2.45) is 0 Å². The normalized spacial score (nSPS) is 17.1. The number of sulfonamides is 1. The minimum atomic E-state index is -3.57. The van der Waals surface area contributed by atoms with Crippen molar-refractivity contribution in [2.45, 2.75) is 51.2 Å². The van der Waals surface area contributed by atoms with E-state index in [4.69, 9.17) is 0 Å². The molecule has 1 aliphatic heterocycles. The summed E-state index contributed by atoms with van der Waals surface area (Å²) in [5, 5.41) is 10.4. The summed E-state index contributed by atoms with van der Waals surface area (Å²) in [4.78, 5) is 15.4. The highest BCUT2D eigenvalue weighted by atomic mass is 32.2. The molecule has 2 atom stereocenters. The van der Waals surface area contributed by atoms with Crippen molar-refractivity contribution in [3.8, 4) is 6.07 Å². The number of nitrogens with zero attached hydrogens (tertiary/aromatic N) is 3. The summed E-state index contributed by atoms with van der Waals surface area (Å²) in [6, 6.07) is 18.3. The number of nitrogens with one attached hydrogen (secondary N) is 1. The number of benzene rings is 2. The van der Waals surface area contributed by atoms with Crippen LogP contribution in [0, 0.1) is 11.3 Å². The summed E-state index contributed by atoms with van der Waals surface area (Å²) in [5.74, 6) is -0.200. The van der Waals surface area contributed by atoms with Gasteiger partial charge in [-0.15, -0.1) is 0 Å². The van der Waals surface area contributed by atoms with Gasteiger partial charge in [-0.1, -0.05) is 36.4 Å². The van der Waals surface area contributed by atoms with Gasteiger partial charge in [-0.2, -0.15) is 9.98 Å². The van der Waals surface area contributed by atoms with Crippen molar-refractivity contribution in [3.05, 3.63) is 71.4 Å². The van der Waals surface area contributed by atoms with E-state index >= 15 is 0 Å². The van der Waals surface area contributed by atoms with Crippen LogP contribution in [0.3, 0.4) is 0 Å². The van der Waals surface area contributed by atoms with Gasteiger partial charge in [0.2, 0.25) is 15.9 Å². The van der Waals surface area contributed by atoms with E-state index in [9.17, 15) is 18.5 Å². The molecule has 1 aromatic heterocycles. The minimum absolute atomic E-state index is 0.0538. The molecule has 7 nitrogen and oxygen atoms in total. The summed E-state index contributed by atoms with van der Waals surface area (Å²) in [7, 11) is -3.57. The van der Waals surface area contributed by atoms with Crippen LogP contribution in [0.1, 0.15) is 49.0 Å². The molecule has 0 bridgehead atoms. The first-order chi connectivity index (χ1) is 16.3. The molecule has 0 radical (unpaired) electrons. The van der Waals surface area contributed by atoms with E-state index in [1.165, 1.54) is 5.69 Å². The third-order valence-corrected chi connectivity index (χ3v) is 7.20. The van der Waals surface area contributed by atoms with Crippen LogP contribution in [0.5, 0.6) is 0 Å². The molecule has 178 valence electrons. The number of aromatic nitrogens is 1. The molecule has 8 heteroatoms. The highest BCUT2D eigenvalue weighted by molar-refractivity contribution is 7.88. The van der Waals surface area contributed by atoms with Crippen LogP contribution in [0.4, 0.5) is 0 Å². The largest absolute Gasteiger partial charge is 0.345 e. The van der Waals surface area contributed by atoms with Gasteiger partial charge in [0.15, 0.2) is 0 Å². The SMILES string of the molecule is CCn1c(CCC2CCCN2C(=O)C(NS(C)(=O)=O)c2ccccc2)cc2ccc(C#N)cc21. The highest BCUT2D eigenvalue weighted by Gasteiger charge is 2.35. The summed E-state index contributed by atoms with van der Waals surface area (Å²) in [6.45, 7) is 3.52. The summed E-state index contributed by atoms with van der Waals surface area (Å²) < 4.78 is 28.8. The van der Waals surface area contributed by atoms with E-state index in [0.29, 0.717) is 17.7 Å². The number of rotatable bonds is 8. The maximum absolute atomic E-state index is 13.5. The summed E-state index contributed by atoms with van der Waals surface area (Å²) in [5.41, 5.74) is 3.52. The lowest BCUT2D eigenvalue weighted by Gasteiger charge is -2.29. The fraction of sp³-hybridized carbons (Fsp3) is 0.385. The van der Waals surface area contributed by atoms with Crippen LogP contribution in [0.15, 0.2) is 54.6 Å². The van der Waals surface area contributed by atoms with E-state index in [1.54, 1.807) is 12.1 Å². The maximum atomic E-state index is 13.5. The molecule has 1 amide bonds. The summed E-state index contributed by atoms with van der Waals surface area (Å²) >= 11 is 0. The van der Waals surface area contributed by atoms with Gasteiger partial charge in [-0.25, -0.2) is 8.42 Å². The molecular formula is C26H30N4O3S. The second-order valence-electron chi connectivity index (χ2n) is 8.87. The Morgan fingerprint density at radius 2 is 1.97 bits per heavy atom. The topological polar surface area (TPSA) is 95.2 Å². The smallest absolute Gasteiger partial charge is 0.245 e. The lowest BCUT2D eigenvalue weighted by atomic mass is 10.0. The van der Waals surface area contributed by atoms with Gasteiger partial charge in [-0.05, 0) is 61.8 Å². The fourth-order valence-corrected chi connectivity index (χ4v) is 5.65. The second-order valence-corrected chi connectivity index (χ2v) is 10.6. The lowest BCUT2D eigenvalue weighted by Crippen LogP contribution is -2.44. The Kier molecular flexibility index (Phi) is 7.05. The number of hydrogen-bond acceptors (Lipinski definition) is 4. The maximum Gasteiger partial charge on any atom is 0.245 e. The Hall–Kier alpha value is -3.15. The van der Waals surface area contributed by atoms with E-state index < -0.39 is 16.1 Å². The predicted octanol–water partition coefficient (Wildman–Crippen LogP) is 3.75. The van der Waals surface area contributed by atoms with Crippen molar-refractivity contribution in [3.63, 3.8) is 0 Å². The molecular weight excluding hydrogens is 448 g/mol. The zero-order valence-electron chi connectivity index (χ0n) is 19.6. The van der Waals surface area contributed by atoms with E-state index in [1.807, 2.05) is 41.3 Å². The van der Waals surface area contributed by atoms with E-state index in [0.717, 1.165) is 49.4 Å². The standard InChI is InChI=1S/C26H30N4O3S/c1-3-29-23(17-21-12-11-19(18-27)16-24(21)29)14-13-22-10-7-15-30(22)26(31)25(28-34(2,32)33)20-8-5-4-6-9-20/h4-6,8-9,11-12,16-17,22,25,28H,3,7,10,13-15H2,1-2H3. The molecule has 2 unspecified atom stereocenters. The number of nitriles is 1. The van der Waals surface area contributed by atoms with Crippen LogP contribution in [-0.2, 0) is 27.8 Å². The van der Waals surface area contributed by atoms with Crippen molar-refractivity contribution in [1.29, 1.82) is 5.26 Å². The number of carbonyl (C=O) groups is 1. The van der Waals surface area contributed by atoms with Gasteiger partial charge in [0.05, 0.1) is 17.9 Å². The van der Waals surface area contributed by atoms with Crippen molar-refractivity contribution < 1.29 is 13.2 Å². The third kappa shape index (κ3) is 5.16. The van der Waals surface area contributed by atoms with Crippen LogP contribution in [-0.4, -0.2) is 42.6 Å². The minimum Gasteiger partial charge on any atom is -0.345 e. The predicted molar refractivity (Wildman–Crippen MR) is 133 cm³/mol. The molecule has 2 heterocycles. The molecule has 0 saturated carbocycles.